The largest absolute Gasteiger partial charge is 0.324 e. The maximum Gasteiger partial charge on any atom is 0.0494 e. The van der Waals surface area contributed by atoms with E-state index in [1.807, 2.05) is 19.2 Å². The van der Waals surface area contributed by atoms with E-state index in [0.29, 0.717) is 0 Å². The molecule has 0 aliphatic rings. The molecule has 2 rings (SSSR count). The van der Waals surface area contributed by atoms with Gasteiger partial charge in [0, 0.05) is 24.6 Å². The SMILES string of the molecule is CNCc1ccccc1-n1cccc1. The van der Waals surface area contributed by atoms with E-state index in [4.69, 9.17) is 0 Å². The summed E-state index contributed by atoms with van der Waals surface area (Å²) in [6.07, 6.45) is 4.13. The molecule has 0 aliphatic heterocycles. The lowest BCUT2D eigenvalue weighted by atomic mass is 10.2. The van der Waals surface area contributed by atoms with Gasteiger partial charge in [-0.2, -0.15) is 0 Å². The van der Waals surface area contributed by atoms with Gasteiger partial charge in [0.05, 0.1) is 0 Å². The molecule has 0 amide bonds. The second-order valence-corrected chi connectivity index (χ2v) is 3.25. The number of hydrogen-bond donors (Lipinski definition) is 1. The molecule has 14 heavy (non-hydrogen) atoms. The van der Waals surface area contributed by atoms with E-state index in [-0.39, 0.29) is 0 Å². The van der Waals surface area contributed by atoms with E-state index in [1.165, 1.54) is 11.3 Å². The Morgan fingerprint density at radius 3 is 2.50 bits per heavy atom. The lowest BCUT2D eigenvalue weighted by Crippen LogP contribution is -2.08. The molecular formula is C12H14N2. The first kappa shape index (κ1) is 9.03. The molecule has 1 aromatic carbocycles. The maximum absolute atomic E-state index is 3.17. The van der Waals surface area contributed by atoms with Crippen molar-refractivity contribution < 1.29 is 0 Å². The van der Waals surface area contributed by atoms with Crippen LogP contribution in [0.1, 0.15) is 5.56 Å². The lowest BCUT2D eigenvalue weighted by molar-refractivity contribution is 0.808. The average molecular weight is 186 g/mol. The first-order chi connectivity index (χ1) is 6.92. The van der Waals surface area contributed by atoms with E-state index >= 15 is 0 Å². The van der Waals surface area contributed by atoms with Crippen molar-refractivity contribution >= 4 is 0 Å². The maximum atomic E-state index is 3.17. The van der Waals surface area contributed by atoms with Gasteiger partial charge in [-0.3, -0.25) is 0 Å². The van der Waals surface area contributed by atoms with Gasteiger partial charge in [-0.25, -0.2) is 0 Å². The summed E-state index contributed by atoms with van der Waals surface area (Å²) in [6, 6.07) is 12.5. The summed E-state index contributed by atoms with van der Waals surface area (Å²) >= 11 is 0. The molecule has 0 atom stereocenters. The fourth-order valence-corrected chi connectivity index (χ4v) is 1.60. The predicted octanol–water partition coefficient (Wildman–Crippen LogP) is 2.20. The molecule has 2 aromatic rings. The number of hydrogen-bond acceptors (Lipinski definition) is 1. The van der Waals surface area contributed by atoms with Gasteiger partial charge in [-0.1, -0.05) is 18.2 Å². The highest BCUT2D eigenvalue weighted by atomic mass is 14.9. The summed E-state index contributed by atoms with van der Waals surface area (Å²) in [5.74, 6) is 0. The fraction of sp³-hybridized carbons (Fsp3) is 0.167. The third-order valence-corrected chi connectivity index (χ3v) is 2.24. The van der Waals surface area contributed by atoms with Gasteiger partial charge in [0.2, 0.25) is 0 Å². The van der Waals surface area contributed by atoms with Crippen molar-refractivity contribution in [3.8, 4) is 5.69 Å². The highest BCUT2D eigenvalue weighted by molar-refractivity contribution is 5.41. The molecular weight excluding hydrogens is 172 g/mol. The molecule has 2 heteroatoms. The van der Waals surface area contributed by atoms with Gasteiger partial charge in [-0.15, -0.1) is 0 Å². The Labute approximate surface area is 84.2 Å². The molecule has 0 bridgehead atoms. The number of benzene rings is 1. The first-order valence-electron chi connectivity index (χ1n) is 4.77. The second-order valence-electron chi connectivity index (χ2n) is 3.25. The summed E-state index contributed by atoms with van der Waals surface area (Å²) < 4.78 is 2.13. The van der Waals surface area contributed by atoms with Gasteiger partial charge in [0.25, 0.3) is 0 Å². The van der Waals surface area contributed by atoms with Crippen LogP contribution in [0.5, 0.6) is 0 Å². The molecule has 0 saturated heterocycles. The van der Waals surface area contributed by atoms with E-state index in [1.54, 1.807) is 0 Å². The highest BCUT2D eigenvalue weighted by Crippen LogP contribution is 2.13. The van der Waals surface area contributed by atoms with Crippen LogP contribution in [0.2, 0.25) is 0 Å². The van der Waals surface area contributed by atoms with Crippen molar-refractivity contribution in [2.45, 2.75) is 6.54 Å². The molecule has 0 aliphatic carbocycles. The van der Waals surface area contributed by atoms with Crippen LogP contribution in [0.15, 0.2) is 48.8 Å². The van der Waals surface area contributed by atoms with Crippen LogP contribution in [0.25, 0.3) is 5.69 Å². The molecule has 0 fully saturated rings. The molecule has 0 spiro atoms. The van der Waals surface area contributed by atoms with Crippen molar-refractivity contribution in [2.75, 3.05) is 7.05 Å². The van der Waals surface area contributed by atoms with Crippen LogP contribution < -0.4 is 5.32 Å². The Bertz CT molecular complexity index is 390. The van der Waals surface area contributed by atoms with Crippen LogP contribution in [-0.4, -0.2) is 11.6 Å². The van der Waals surface area contributed by atoms with Crippen molar-refractivity contribution in [1.82, 2.24) is 9.88 Å². The monoisotopic (exact) mass is 186 g/mol. The molecule has 1 N–H and O–H groups in total. The van der Waals surface area contributed by atoms with Gasteiger partial charge >= 0.3 is 0 Å². The van der Waals surface area contributed by atoms with Gasteiger partial charge in [0.1, 0.15) is 0 Å². The zero-order valence-corrected chi connectivity index (χ0v) is 8.27. The van der Waals surface area contributed by atoms with Crippen LogP contribution in [0.4, 0.5) is 0 Å². The smallest absolute Gasteiger partial charge is 0.0494 e. The number of nitrogens with zero attached hydrogens (tertiary/aromatic N) is 1. The van der Waals surface area contributed by atoms with E-state index in [9.17, 15) is 0 Å². The van der Waals surface area contributed by atoms with Crippen molar-refractivity contribution in [3.05, 3.63) is 54.4 Å². The minimum absolute atomic E-state index is 0.897. The average Bonchev–Trinajstić information content (AvgIpc) is 2.72. The van der Waals surface area contributed by atoms with Crippen LogP contribution in [0.3, 0.4) is 0 Å². The van der Waals surface area contributed by atoms with Gasteiger partial charge < -0.3 is 9.88 Å². The normalized spacial score (nSPS) is 10.4. The Kier molecular flexibility index (Phi) is 2.65. The minimum atomic E-state index is 0.897. The van der Waals surface area contributed by atoms with Crippen LogP contribution >= 0.6 is 0 Å². The lowest BCUT2D eigenvalue weighted by Gasteiger charge is -2.09. The second kappa shape index (κ2) is 4.11. The number of aromatic nitrogens is 1. The van der Waals surface area contributed by atoms with Crippen molar-refractivity contribution in [3.63, 3.8) is 0 Å². The van der Waals surface area contributed by atoms with Crippen molar-refractivity contribution in [2.24, 2.45) is 0 Å². The summed E-state index contributed by atoms with van der Waals surface area (Å²) in [5.41, 5.74) is 2.55. The molecule has 2 nitrogen and oxygen atoms in total. The Morgan fingerprint density at radius 1 is 1.07 bits per heavy atom. The Morgan fingerprint density at radius 2 is 1.79 bits per heavy atom. The third-order valence-electron chi connectivity index (χ3n) is 2.24. The number of rotatable bonds is 3. The van der Waals surface area contributed by atoms with Gasteiger partial charge in [-0.05, 0) is 30.8 Å². The standard InChI is InChI=1S/C12H14N2/c1-13-10-11-6-2-3-7-12(11)14-8-4-5-9-14/h2-9,13H,10H2,1H3. The third kappa shape index (κ3) is 1.70. The Balaban J connectivity index is 2.42. The van der Waals surface area contributed by atoms with Crippen LogP contribution in [0, 0.1) is 0 Å². The highest BCUT2D eigenvalue weighted by Gasteiger charge is 2.00. The molecule has 72 valence electrons. The zero-order valence-electron chi connectivity index (χ0n) is 8.27. The minimum Gasteiger partial charge on any atom is -0.324 e. The quantitative estimate of drug-likeness (QED) is 0.777. The molecule has 0 unspecified atom stereocenters. The summed E-state index contributed by atoms with van der Waals surface area (Å²) in [6.45, 7) is 0.897. The van der Waals surface area contributed by atoms with E-state index < -0.39 is 0 Å². The molecule has 0 radical (unpaired) electrons. The zero-order chi connectivity index (χ0) is 9.80. The molecule has 1 aromatic heterocycles. The molecule has 1 heterocycles. The predicted molar refractivity (Wildman–Crippen MR) is 58.5 cm³/mol. The number of para-hydroxylation sites is 1. The molecule has 0 saturated carbocycles. The summed E-state index contributed by atoms with van der Waals surface area (Å²) in [5, 5.41) is 3.17. The Hall–Kier alpha value is -1.54. The summed E-state index contributed by atoms with van der Waals surface area (Å²) in [7, 11) is 1.96. The van der Waals surface area contributed by atoms with Crippen LogP contribution in [-0.2, 0) is 6.54 Å². The van der Waals surface area contributed by atoms with E-state index in [0.717, 1.165) is 6.54 Å². The topological polar surface area (TPSA) is 17.0 Å². The summed E-state index contributed by atoms with van der Waals surface area (Å²) in [4.78, 5) is 0. The number of nitrogens with one attached hydrogen (secondary N) is 1. The van der Waals surface area contributed by atoms with Gasteiger partial charge in [0.15, 0.2) is 0 Å². The fourth-order valence-electron chi connectivity index (χ4n) is 1.60. The first-order valence-corrected chi connectivity index (χ1v) is 4.77. The van der Waals surface area contributed by atoms with Crippen molar-refractivity contribution in [1.29, 1.82) is 0 Å². The van der Waals surface area contributed by atoms with E-state index in [2.05, 4.69) is 46.5 Å².